The lowest BCUT2D eigenvalue weighted by molar-refractivity contribution is -0.182. The van der Waals surface area contributed by atoms with Crippen LogP contribution in [0.15, 0.2) is 43.5 Å². The fraction of sp³-hybridized carbons (Fsp3) is 0.417. The van der Waals surface area contributed by atoms with Crippen LogP contribution in [-0.4, -0.2) is 87.0 Å². The van der Waals surface area contributed by atoms with Gasteiger partial charge < -0.3 is 19.3 Å². The van der Waals surface area contributed by atoms with E-state index in [2.05, 4.69) is 16.8 Å². The Labute approximate surface area is 207 Å². The Bertz CT molecular complexity index is 1290. The number of pyridine rings is 1. The van der Waals surface area contributed by atoms with Crippen LogP contribution in [-0.2, 0) is 14.3 Å². The van der Waals surface area contributed by atoms with Gasteiger partial charge in [0.15, 0.2) is 5.60 Å². The molecule has 0 N–H and O–H groups in total. The minimum absolute atomic E-state index is 0.0639. The van der Waals surface area contributed by atoms with E-state index in [9.17, 15) is 9.59 Å². The van der Waals surface area contributed by atoms with Gasteiger partial charge in [-0.1, -0.05) is 18.2 Å². The number of amides is 2. The molecule has 11 heteroatoms. The summed E-state index contributed by atoms with van der Waals surface area (Å²) in [5.74, 6) is 0.387. The van der Waals surface area contributed by atoms with Gasteiger partial charge in [-0.25, -0.2) is 4.52 Å². The molecule has 0 radical (unpaired) electrons. The maximum Gasteiger partial charge on any atom is 0.258 e. The molecule has 5 rings (SSSR count). The first-order valence-corrected chi connectivity index (χ1v) is 11.8. The van der Waals surface area contributed by atoms with E-state index in [1.54, 1.807) is 22.7 Å². The van der Waals surface area contributed by atoms with E-state index in [-0.39, 0.29) is 30.9 Å². The average Bonchev–Trinajstić information content (AvgIpc) is 3.50. The van der Waals surface area contributed by atoms with E-state index in [1.165, 1.54) is 13.2 Å². The van der Waals surface area contributed by atoms with Crippen molar-refractivity contribution in [2.45, 2.75) is 24.5 Å². The highest BCUT2D eigenvalue weighted by molar-refractivity contribution is 6.34. The summed E-state index contributed by atoms with van der Waals surface area (Å²) in [7, 11) is 3.13. The normalized spacial score (nSPS) is 17.9. The maximum absolute atomic E-state index is 13.2. The topological polar surface area (TPSA) is 94.2 Å². The van der Waals surface area contributed by atoms with Gasteiger partial charge in [-0.3, -0.25) is 14.3 Å². The van der Waals surface area contributed by atoms with E-state index in [1.807, 2.05) is 34.2 Å². The number of likely N-dealkylation sites (tertiary alicyclic amines) is 2. The van der Waals surface area contributed by atoms with Crippen LogP contribution in [0.1, 0.15) is 18.9 Å². The number of nitrogens with zero attached hydrogens (tertiary/aromatic N) is 6. The zero-order valence-corrected chi connectivity index (χ0v) is 20.4. The predicted octanol–water partition coefficient (Wildman–Crippen LogP) is 2.44. The van der Waals surface area contributed by atoms with Gasteiger partial charge in [0, 0.05) is 43.7 Å². The largest absolute Gasteiger partial charge is 0.494 e. The summed E-state index contributed by atoms with van der Waals surface area (Å²) in [5.41, 5.74) is 1.62. The van der Waals surface area contributed by atoms with Crippen molar-refractivity contribution < 1.29 is 19.1 Å². The Balaban J connectivity index is 1.25. The van der Waals surface area contributed by atoms with Crippen LogP contribution in [0.25, 0.3) is 16.6 Å². The van der Waals surface area contributed by atoms with E-state index >= 15 is 0 Å². The number of methoxy groups -OCH3 is 2. The molecule has 0 unspecified atom stereocenters. The van der Waals surface area contributed by atoms with Crippen molar-refractivity contribution in [1.29, 1.82) is 0 Å². The number of aromatic nitrogens is 4. The van der Waals surface area contributed by atoms with Gasteiger partial charge in [-0.05, 0) is 25.0 Å². The van der Waals surface area contributed by atoms with Crippen LogP contribution in [0, 0.1) is 0 Å². The van der Waals surface area contributed by atoms with Gasteiger partial charge >= 0.3 is 0 Å². The summed E-state index contributed by atoms with van der Waals surface area (Å²) in [6, 6.07) is 2.10. The highest BCUT2D eigenvalue weighted by Crippen LogP contribution is 2.34. The van der Waals surface area contributed by atoms with Gasteiger partial charge in [-0.15, -0.1) is 0 Å². The number of ether oxygens (including phenoxy) is 2. The first kappa shape index (κ1) is 23.4. The number of carbonyl (C=O) groups excluding carboxylic acids is 2. The molecular weight excluding hydrogens is 472 g/mol. The number of carbonyl (C=O) groups is 2. The van der Waals surface area contributed by atoms with E-state index in [0.717, 1.165) is 29.5 Å². The van der Waals surface area contributed by atoms with Gasteiger partial charge in [0.25, 0.3) is 5.91 Å². The molecule has 3 aromatic heterocycles. The molecule has 35 heavy (non-hydrogen) atoms. The number of halogens is 1. The first-order chi connectivity index (χ1) is 16.9. The molecule has 2 saturated heterocycles. The zero-order chi connectivity index (χ0) is 24.7. The Morgan fingerprint density at radius 2 is 1.86 bits per heavy atom. The van der Waals surface area contributed by atoms with Crippen LogP contribution < -0.4 is 4.74 Å². The molecule has 184 valence electrons. The van der Waals surface area contributed by atoms with Gasteiger partial charge in [0.1, 0.15) is 11.3 Å². The Kier molecular flexibility index (Phi) is 6.02. The highest BCUT2D eigenvalue weighted by Gasteiger charge is 2.53. The van der Waals surface area contributed by atoms with E-state index in [4.69, 9.17) is 21.1 Å². The van der Waals surface area contributed by atoms with Crippen molar-refractivity contribution in [2.75, 3.05) is 40.4 Å². The molecule has 3 aromatic rings. The van der Waals surface area contributed by atoms with Crippen molar-refractivity contribution >= 4 is 28.9 Å². The Morgan fingerprint density at radius 1 is 1.11 bits per heavy atom. The molecule has 0 atom stereocenters. The molecule has 2 aliphatic heterocycles. The summed E-state index contributed by atoms with van der Waals surface area (Å²) in [4.78, 5) is 28.4. The van der Waals surface area contributed by atoms with Crippen molar-refractivity contribution in [3.05, 3.63) is 48.5 Å². The summed E-state index contributed by atoms with van der Waals surface area (Å²) in [5, 5.41) is 9.42. The quantitative estimate of drug-likeness (QED) is 0.484. The van der Waals surface area contributed by atoms with Crippen LogP contribution in [0.4, 0.5) is 0 Å². The number of piperidine rings is 1. The molecule has 0 spiro atoms. The van der Waals surface area contributed by atoms with Crippen molar-refractivity contribution in [3.63, 3.8) is 0 Å². The smallest absolute Gasteiger partial charge is 0.258 e. The zero-order valence-electron chi connectivity index (χ0n) is 19.7. The molecule has 0 saturated carbocycles. The van der Waals surface area contributed by atoms with Gasteiger partial charge in [-0.2, -0.15) is 10.2 Å². The monoisotopic (exact) mass is 498 g/mol. The second kappa shape index (κ2) is 9.01. The lowest BCUT2D eigenvalue weighted by atomic mass is 9.90. The number of fused-ring (bicyclic) bond motifs is 1. The van der Waals surface area contributed by atoms with Crippen molar-refractivity contribution in [1.82, 2.24) is 29.2 Å². The minimum Gasteiger partial charge on any atom is -0.494 e. The number of rotatable bonds is 6. The van der Waals surface area contributed by atoms with Crippen LogP contribution in [0.2, 0.25) is 5.02 Å². The molecular formula is C24H27ClN6O4. The fourth-order valence-electron chi connectivity index (χ4n) is 4.88. The molecule has 2 fully saturated rings. The van der Waals surface area contributed by atoms with Crippen molar-refractivity contribution in [2.24, 2.45) is 0 Å². The molecule has 2 amide bonds. The molecule has 0 bridgehead atoms. The second-order valence-electron chi connectivity index (χ2n) is 8.91. The lowest BCUT2D eigenvalue weighted by Crippen LogP contribution is -2.71. The third kappa shape index (κ3) is 3.96. The van der Waals surface area contributed by atoms with Gasteiger partial charge in [0.2, 0.25) is 5.91 Å². The molecule has 10 nitrogen and oxygen atoms in total. The standard InChI is InChI=1S/C24H27ClN6O4/c1-4-21(32)29-14-24(15-29,35-3)23(33)28-7-5-18(6-8-28)30-13-17(10-26-30)16-9-20(34-2)22-19(25)11-27-31(22)12-16/h4,9-13,18H,1,5-8,14-15H2,2-3H3. The molecule has 0 aromatic carbocycles. The summed E-state index contributed by atoms with van der Waals surface area (Å²) in [6.45, 7) is 5.22. The van der Waals surface area contributed by atoms with Crippen LogP contribution >= 0.6 is 11.6 Å². The lowest BCUT2D eigenvalue weighted by Gasteiger charge is -2.49. The SMILES string of the molecule is C=CC(=O)N1CC(OC)(C(=O)N2CCC(n3cc(-c4cc(OC)c5c(Cl)cnn5c4)cn3)CC2)C1. The molecule has 2 aliphatic rings. The second-order valence-corrected chi connectivity index (χ2v) is 9.32. The number of hydrogen-bond donors (Lipinski definition) is 0. The fourth-order valence-corrected chi connectivity index (χ4v) is 5.10. The van der Waals surface area contributed by atoms with E-state index < -0.39 is 5.60 Å². The third-order valence-corrected chi connectivity index (χ3v) is 7.25. The van der Waals surface area contributed by atoms with E-state index in [0.29, 0.717) is 23.9 Å². The van der Waals surface area contributed by atoms with Crippen molar-refractivity contribution in [3.8, 4) is 16.9 Å². The Hall–Kier alpha value is -3.37. The minimum atomic E-state index is -0.961. The molecule has 5 heterocycles. The summed E-state index contributed by atoms with van der Waals surface area (Å²) >= 11 is 6.24. The van der Waals surface area contributed by atoms with Gasteiger partial charge in [0.05, 0.1) is 43.7 Å². The highest BCUT2D eigenvalue weighted by atomic mass is 35.5. The summed E-state index contributed by atoms with van der Waals surface area (Å²) in [6.07, 6.45) is 10.1. The van der Waals surface area contributed by atoms with Crippen LogP contribution in [0.3, 0.4) is 0 Å². The molecule has 0 aliphatic carbocycles. The first-order valence-electron chi connectivity index (χ1n) is 11.4. The summed E-state index contributed by atoms with van der Waals surface area (Å²) < 4.78 is 14.7. The maximum atomic E-state index is 13.2. The third-order valence-electron chi connectivity index (χ3n) is 6.97. The Morgan fingerprint density at radius 3 is 2.51 bits per heavy atom. The average molecular weight is 499 g/mol. The van der Waals surface area contributed by atoms with Crippen LogP contribution in [0.5, 0.6) is 5.75 Å². The number of hydrogen-bond acceptors (Lipinski definition) is 6. The predicted molar refractivity (Wildman–Crippen MR) is 129 cm³/mol.